The number of rotatable bonds is 14. The average Bonchev–Trinajstić information content (AvgIpc) is 2.84. The van der Waals surface area contributed by atoms with Crippen LogP contribution in [0, 0.1) is 0 Å². The molecule has 0 saturated heterocycles. The molecule has 2 aromatic carbocycles. The molecule has 8 heteroatoms. The number of hydrogen-bond donors (Lipinski definition) is 0. The Bertz CT molecular complexity index is 814. The van der Waals surface area contributed by atoms with Crippen molar-refractivity contribution in [2.45, 2.75) is 13.3 Å². The highest BCUT2D eigenvalue weighted by molar-refractivity contribution is 5.91. The SMILES string of the molecule is CCN(CCCOC(=O)c1cc(OC)c(OC)c(OC)c1)CCOc1ccc(OC)cc1. The number of carbonyl (C=O) groups is 1. The van der Waals surface area contributed by atoms with Gasteiger partial charge < -0.3 is 33.3 Å². The van der Waals surface area contributed by atoms with Crippen molar-refractivity contribution < 1.29 is 33.2 Å². The zero-order chi connectivity index (χ0) is 23.3. The van der Waals surface area contributed by atoms with Crippen molar-refractivity contribution >= 4 is 5.97 Å². The fourth-order valence-corrected chi connectivity index (χ4v) is 3.13. The normalized spacial score (nSPS) is 10.6. The number of benzene rings is 2. The number of methoxy groups -OCH3 is 4. The van der Waals surface area contributed by atoms with Gasteiger partial charge in [0.25, 0.3) is 0 Å². The van der Waals surface area contributed by atoms with Crippen molar-refractivity contribution in [2.24, 2.45) is 0 Å². The van der Waals surface area contributed by atoms with Crippen LogP contribution in [0.3, 0.4) is 0 Å². The lowest BCUT2D eigenvalue weighted by Crippen LogP contribution is -2.30. The maximum absolute atomic E-state index is 12.5. The molecule has 0 heterocycles. The Hall–Kier alpha value is -3.13. The highest BCUT2D eigenvalue weighted by Gasteiger charge is 2.18. The summed E-state index contributed by atoms with van der Waals surface area (Å²) in [5.74, 6) is 2.42. The molecule has 0 radical (unpaired) electrons. The minimum Gasteiger partial charge on any atom is -0.497 e. The van der Waals surface area contributed by atoms with Gasteiger partial charge in [-0.2, -0.15) is 0 Å². The van der Waals surface area contributed by atoms with Crippen LogP contribution in [-0.4, -0.2) is 72.2 Å². The Morgan fingerprint density at radius 2 is 1.44 bits per heavy atom. The van der Waals surface area contributed by atoms with Crippen LogP contribution >= 0.6 is 0 Å². The fraction of sp³-hybridized carbons (Fsp3) is 0.458. The van der Waals surface area contributed by atoms with Crippen LogP contribution < -0.4 is 23.7 Å². The second-order valence-electron chi connectivity index (χ2n) is 6.86. The van der Waals surface area contributed by atoms with E-state index in [0.717, 1.165) is 31.1 Å². The summed E-state index contributed by atoms with van der Waals surface area (Å²) in [5, 5.41) is 0. The molecule has 2 aromatic rings. The van der Waals surface area contributed by atoms with Crippen LogP contribution in [0.25, 0.3) is 0 Å². The summed E-state index contributed by atoms with van der Waals surface area (Å²) >= 11 is 0. The molecule has 8 nitrogen and oxygen atoms in total. The molecule has 0 bridgehead atoms. The molecule has 0 unspecified atom stereocenters. The Morgan fingerprint density at radius 1 is 0.812 bits per heavy atom. The van der Waals surface area contributed by atoms with Crippen molar-refractivity contribution in [3.05, 3.63) is 42.0 Å². The molecule has 0 aromatic heterocycles. The van der Waals surface area contributed by atoms with Gasteiger partial charge in [0.15, 0.2) is 11.5 Å². The van der Waals surface area contributed by atoms with Crippen molar-refractivity contribution in [1.29, 1.82) is 0 Å². The first kappa shape index (κ1) is 25.1. The number of hydrogen-bond acceptors (Lipinski definition) is 8. The summed E-state index contributed by atoms with van der Waals surface area (Å²) in [6.45, 7) is 5.44. The topological polar surface area (TPSA) is 75.7 Å². The third kappa shape index (κ3) is 7.23. The van der Waals surface area contributed by atoms with E-state index in [9.17, 15) is 4.79 Å². The molecule has 0 aliphatic heterocycles. The maximum atomic E-state index is 12.5. The second kappa shape index (κ2) is 13.3. The van der Waals surface area contributed by atoms with E-state index >= 15 is 0 Å². The maximum Gasteiger partial charge on any atom is 0.338 e. The summed E-state index contributed by atoms with van der Waals surface area (Å²) in [7, 11) is 6.16. The molecule has 176 valence electrons. The third-order valence-electron chi connectivity index (χ3n) is 4.94. The Balaban J connectivity index is 1.76. The van der Waals surface area contributed by atoms with Gasteiger partial charge in [-0.3, -0.25) is 0 Å². The van der Waals surface area contributed by atoms with E-state index < -0.39 is 5.97 Å². The van der Waals surface area contributed by atoms with Gasteiger partial charge in [0.05, 0.1) is 40.6 Å². The lowest BCUT2D eigenvalue weighted by Gasteiger charge is -2.20. The van der Waals surface area contributed by atoms with Crippen LogP contribution in [0.2, 0.25) is 0 Å². The largest absolute Gasteiger partial charge is 0.497 e. The molecular weight excluding hydrogens is 414 g/mol. The summed E-state index contributed by atoms with van der Waals surface area (Å²) < 4.78 is 32.2. The van der Waals surface area contributed by atoms with E-state index in [-0.39, 0.29) is 0 Å². The summed E-state index contributed by atoms with van der Waals surface area (Å²) in [6, 6.07) is 10.7. The van der Waals surface area contributed by atoms with Gasteiger partial charge in [-0.15, -0.1) is 0 Å². The van der Waals surface area contributed by atoms with Gasteiger partial charge in [0.1, 0.15) is 18.1 Å². The summed E-state index contributed by atoms with van der Waals surface area (Å²) in [6.07, 6.45) is 0.715. The molecule has 2 rings (SSSR count). The molecule has 0 spiro atoms. The molecule has 32 heavy (non-hydrogen) atoms. The molecule has 0 saturated carbocycles. The minimum absolute atomic E-state index is 0.311. The molecule has 0 aliphatic carbocycles. The first-order valence-electron chi connectivity index (χ1n) is 10.5. The van der Waals surface area contributed by atoms with Crippen molar-refractivity contribution in [2.75, 3.05) is 61.3 Å². The number of esters is 1. The highest BCUT2D eigenvalue weighted by atomic mass is 16.5. The zero-order valence-electron chi connectivity index (χ0n) is 19.5. The van der Waals surface area contributed by atoms with Gasteiger partial charge >= 0.3 is 5.97 Å². The van der Waals surface area contributed by atoms with Crippen LogP contribution in [0.5, 0.6) is 28.7 Å². The van der Waals surface area contributed by atoms with E-state index in [2.05, 4.69) is 11.8 Å². The van der Waals surface area contributed by atoms with Gasteiger partial charge in [-0.05, 0) is 49.4 Å². The molecule has 0 amide bonds. The Morgan fingerprint density at radius 3 is 1.97 bits per heavy atom. The highest BCUT2D eigenvalue weighted by Crippen LogP contribution is 2.38. The zero-order valence-corrected chi connectivity index (χ0v) is 19.5. The molecular formula is C24H33NO7. The van der Waals surface area contributed by atoms with Gasteiger partial charge in [-0.1, -0.05) is 6.92 Å². The second-order valence-corrected chi connectivity index (χ2v) is 6.86. The first-order chi connectivity index (χ1) is 15.6. The summed E-state index contributed by atoms with van der Waals surface area (Å²) in [4.78, 5) is 14.7. The van der Waals surface area contributed by atoms with Crippen molar-refractivity contribution in [1.82, 2.24) is 4.90 Å². The Kier molecular flexibility index (Phi) is 10.5. The van der Waals surface area contributed by atoms with E-state index in [0.29, 0.717) is 42.4 Å². The molecule has 0 atom stereocenters. The fourth-order valence-electron chi connectivity index (χ4n) is 3.13. The van der Waals surface area contributed by atoms with E-state index in [1.807, 2.05) is 24.3 Å². The molecule has 0 fully saturated rings. The van der Waals surface area contributed by atoms with Gasteiger partial charge in [0, 0.05) is 13.1 Å². The summed E-state index contributed by atoms with van der Waals surface area (Å²) in [5.41, 5.74) is 0.347. The van der Waals surface area contributed by atoms with Crippen molar-refractivity contribution in [3.8, 4) is 28.7 Å². The smallest absolute Gasteiger partial charge is 0.338 e. The quantitative estimate of drug-likeness (QED) is 0.321. The van der Waals surface area contributed by atoms with Crippen molar-refractivity contribution in [3.63, 3.8) is 0 Å². The van der Waals surface area contributed by atoms with Crippen LogP contribution in [0.4, 0.5) is 0 Å². The predicted octanol–water partition coefficient (Wildman–Crippen LogP) is 3.67. The van der Waals surface area contributed by atoms with Gasteiger partial charge in [-0.25, -0.2) is 4.79 Å². The predicted molar refractivity (Wildman–Crippen MR) is 122 cm³/mol. The van der Waals surface area contributed by atoms with Gasteiger partial charge in [0.2, 0.25) is 5.75 Å². The standard InChI is InChI=1S/C24H33NO7/c1-6-25(13-15-31-20-10-8-19(27-2)9-11-20)12-7-14-32-24(26)18-16-21(28-3)23(30-5)22(17-18)29-4/h8-11,16-17H,6-7,12-15H2,1-5H3. The van der Waals surface area contributed by atoms with E-state index in [1.165, 1.54) is 21.3 Å². The Labute approximate surface area is 189 Å². The van der Waals surface area contributed by atoms with Crippen LogP contribution in [-0.2, 0) is 4.74 Å². The van der Waals surface area contributed by atoms with E-state index in [1.54, 1.807) is 19.2 Å². The molecule has 0 N–H and O–H groups in total. The first-order valence-corrected chi connectivity index (χ1v) is 10.5. The number of ether oxygens (including phenoxy) is 6. The average molecular weight is 448 g/mol. The van der Waals surface area contributed by atoms with Crippen LogP contribution in [0.1, 0.15) is 23.7 Å². The lowest BCUT2D eigenvalue weighted by atomic mass is 10.2. The number of nitrogens with zero attached hydrogens (tertiary/aromatic N) is 1. The molecule has 0 aliphatic rings. The number of likely N-dealkylation sites (N-methyl/N-ethyl adjacent to an activating group) is 1. The lowest BCUT2D eigenvalue weighted by molar-refractivity contribution is 0.0486. The number of carbonyl (C=O) groups excluding carboxylic acids is 1. The minimum atomic E-state index is -0.435. The van der Waals surface area contributed by atoms with Crippen LogP contribution in [0.15, 0.2) is 36.4 Å². The monoisotopic (exact) mass is 447 g/mol. The third-order valence-corrected chi connectivity index (χ3v) is 4.94. The van der Waals surface area contributed by atoms with E-state index in [4.69, 9.17) is 28.4 Å².